The summed E-state index contributed by atoms with van der Waals surface area (Å²) in [5, 5.41) is 4.54. The average Bonchev–Trinajstić information content (AvgIpc) is 3.17. The number of rotatable bonds is 3. The molecule has 1 N–H and O–H groups in total. The van der Waals surface area contributed by atoms with E-state index in [0.717, 1.165) is 30.6 Å². The van der Waals surface area contributed by atoms with Crippen LogP contribution in [0.25, 0.3) is 0 Å². The summed E-state index contributed by atoms with van der Waals surface area (Å²) in [4.78, 5) is 2.57. The van der Waals surface area contributed by atoms with E-state index in [1.807, 2.05) is 12.1 Å². The van der Waals surface area contributed by atoms with Crippen molar-refractivity contribution in [2.75, 3.05) is 19.6 Å². The van der Waals surface area contributed by atoms with Crippen molar-refractivity contribution in [2.24, 2.45) is 5.92 Å². The molecule has 18 heavy (non-hydrogen) atoms. The van der Waals surface area contributed by atoms with Gasteiger partial charge in [0.25, 0.3) is 0 Å². The maximum atomic E-state index is 5.93. The van der Waals surface area contributed by atoms with Crippen LogP contribution in [0.4, 0.5) is 0 Å². The van der Waals surface area contributed by atoms with Gasteiger partial charge in [0.05, 0.1) is 0 Å². The van der Waals surface area contributed by atoms with Crippen LogP contribution < -0.4 is 5.32 Å². The maximum Gasteiger partial charge on any atom is 0.0406 e. The van der Waals surface area contributed by atoms with Crippen LogP contribution in [0.15, 0.2) is 24.3 Å². The third-order valence-electron chi connectivity index (χ3n) is 4.31. The second-order valence-electron chi connectivity index (χ2n) is 5.96. The van der Waals surface area contributed by atoms with Crippen LogP contribution in [0, 0.1) is 5.92 Å². The molecule has 0 bridgehead atoms. The Bertz CT molecular complexity index is 413. The number of hydrogen-bond acceptors (Lipinski definition) is 2. The Morgan fingerprint density at radius 2 is 2.06 bits per heavy atom. The molecule has 1 atom stereocenters. The zero-order valence-corrected chi connectivity index (χ0v) is 11.7. The molecule has 2 nitrogen and oxygen atoms in total. The Morgan fingerprint density at radius 1 is 1.33 bits per heavy atom. The molecule has 1 aromatic carbocycles. The molecule has 0 radical (unpaired) electrons. The fourth-order valence-electron chi connectivity index (χ4n) is 3.08. The highest BCUT2D eigenvalue weighted by Gasteiger charge is 2.43. The third kappa shape index (κ3) is 2.71. The Morgan fingerprint density at radius 3 is 2.72 bits per heavy atom. The Labute approximate surface area is 114 Å². The molecule has 1 saturated carbocycles. The van der Waals surface area contributed by atoms with Crippen molar-refractivity contribution in [2.45, 2.75) is 31.8 Å². The van der Waals surface area contributed by atoms with Crippen molar-refractivity contribution in [1.29, 1.82) is 0 Å². The van der Waals surface area contributed by atoms with E-state index in [4.69, 9.17) is 11.6 Å². The lowest BCUT2D eigenvalue weighted by Crippen LogP contribution is -2.59. The molecule has 0 spiro atoms. The molecule has 1 aliphatic carbocycles. The van der Waals surface area contributed by atoms with Gasteiger partial charge in [-0.3, -0.25) is 4.90 Å². The summed E-state index contributed by atoms with van der Waals surface area (Å²) in [7, 11) is 0. The number of hydrogen-bond donors (Lipinski definition) is 1. The highest BCUT2D eigenvalue weighted by molar-refractivity contribution is 6.30. The van der Waals surface area contributed by atoms with Gasteiger partial charge < -0.3 is 5.32 Å². The lowest BCUT2D eigenvalue weighted by molar-refractivity contribution is 0.121. The highest BCUT2D eigenvalue weighted by Crippen LogP contribution is 2.40. The molecule has 1 aliphatic heterocycles. The first-order valence-corrected chi connectivity index (χ1v) is 7.25. The van der Waals surface area contributed by atoms with Gasteiger partial charge in [0, 0.05) is 36.7 Å². The summed E-state index contributed by atoms with van der Waals surface area (Å²) < 4.78 is 0. The molecule has 3 rings (SSSR count). The van der Waals surface area contributed by atoms with E-state index in [-0.39, 0.29) is 0 Å². The minimum absolute atomic E-state index is 0.338. The summed E-state index contributed by atoms with van der Waals surface area (Å²) >= 11 is 5.93. The van der Waals surface area contributed by atoms with Gasteiger partial charge in [0.15, 0.2) is 0 Å². The smallest absolute Gasteiger partial charge is 0.0406 e. The lowest BCUT2D eigenvalue weighted by atomic mass is 9.92. The molecule has 1 aromatic rings. The standard InChI is InChI=1S/C15H21ClN2/c1-15(13-4-5-13)11-18(9-8-17-15)10-12-2-6-14(16)7-3-12/h2-3,6-7,13,17H,4-5,8-11H2,1H3. The van der Waals surface area contributed by atoms with E-state index in [9.17, 15) is 0 Å². The summed E-state index contributed by atoms with van der Waals surface area (Å²) in [6.07, 6.45) is 2.80. The van der Waals surface area contributed by atoms with E-state index in [1.54, 1.807) is 0 Å². The first-order chi connectivity index (χ1) is 8.66. The maximum absolute atomic E-state index is 5.93. The average molecular weight is 265 g/mol. The van der Waals surface area contributed by atoms with E-state index >= 15 is 0 Å². The van der Waals surface area contributed by atoms with Crippen molar-refractivity contribution >= 4 is 11.6 Å². The van der Waals surface area contributed by atoms with Crippen molar-refractivity contribution in [1.82, 2.24) is 10.2 Å². The molecular formula is C15H21ClN2. The molecule has 2 fully saturated rings. The molecule has 1 saturated heterocycles. The minimum atomic E-state index is 0.338. The molecule has 0 amide bonds. The van der Waals surface area contributed by atoms with Gasteiger partial charge in [-0.1, -0.05) is 23.7 Å². The fraction of sp³-hybridized carbons (Fsp3) is 0.600. The zero-order chi connectivity index (χ0) is 12.6. The van der Waals surface area contributed by atoms with Crippen LogP contribution in [0.1, 0.15) is 25.3 Å². The number of benzene rings is 1. The van der Waals surface area contributed by atoms with Crippen LogP contribution >= 0.6 is 11.6 Å². The largest absolute Gasteiger partial charge is 0.309 e. The second kappa shape index (κ2) is 4.84. The van der Waals surface area contributed by atoms with Gasteiger partial charge in [-0.25, -0.2) is 0 Å². The van der Waals surface area contributed by atoms with E-state index in [2.05, 4.69) is 29.3 Å². The monoisotopic (exact) mass is 264 g/mol. The Hall–Kier alpha value is -0.570. The number of halogens is 1. The van der Waals surface area contributed by atoms with E-state index in [0.29, 0.717) is 5.54 Å². The molecule has 98 valence electrons. The predicted molar refractivity (Wildman–Crippen MR) is 75.9 cm³/mol. The summed E-state index contributed by atoms with van der Waals surface area (Å²) in [5.74, 6) is 0.894. The fourth-order valence-corrected chi connectivity index (χ4v) is 3.20. The lowest BCUT2D eigenvalue weighted by Gasteiger charge is -2.42. The number of nitrogens with one attached hydrogen (secondary N) is 1. The van der Waals surface area contributed by atoms with Crippen LogP contribution in [0.3, 0.4) is 0 Å². The van der Waals surface area contributed by atoms with Gasteiger partial charge in [-0.05, 0) is 43.4 Å². The van der Waals surface area contributed by atoms with Gasteiger partial charge in [0.1, 0.15) is 0 Å². The molecule has 3 heteroatoms. The molecule has 1 unspecified atom stereocenters. The van der Waals surface area contributed by atoms with Gasteiger partial charge in [0.2, 0.25) is 0 Å². The summed E-state index contributed by atoms with van der Waals surface area (Å²) in [6, 6.07) is 8.25. The Balaban J connectivity index is 1.64. The molecule has 2 aliphatic rings. The summed E-state index contributed by atoms with van der Waals surface area (Å²) in [6.45, 7) is 6.85. The quantitative estimate of drug-likeness (QED) is 0.903. The van der Waals surface area contributed by atoms with Gasteiger partial charge in [-0.2, -0.15) is 0 Å². The van der Waals surface area contributed by atoms with Gasteiger partial charge >= 0.3 is 0 Å². The van der Waals surface area contributed by atoms with Crippen molar-refractivity contribution < 1.29 is 0 Å². The van der Waals surface area contributed by atoms with E-state index in [1.165, 1.54) is 24.9 Å². The molecule has 1 heterocycles. The SMILES string of the molecule is CC1(C2CC2)CN(Cc2ccc(Cl)cc2)CCN1. The third-order valence-corrected chi connectivity index (χ3v) is 4.56. The van der Waals surface area contributed by atoms with Crippen molar-refractivity contribution in [3.8, 4) is 0 Å². The van der Waals surface area contributed by atoms with Crippen molar-refractivity contribution in [3.05, 3.63) is 34.9 Å². The zero-order valence-electron chi connectivity index (χ0n) is 11.0. The first-order valence-electron chi connectivity index (χ1n) is 6.87. The predicted octanol–water partition coefficient (Wildman–Crippen LogP) is 2.91. The van der Waals surface area contributed by atoms with Crippen LogP contribution in [-0.4, -0.2) is 30.1 Å². The normalized spacial score (nSPS) is 29.4. The molecule has 0 aromatic heterocycles. The second-order valence-corrected chi connectivity index (χ2v) is 6.39. The number of nitrogens with zero attached hydrogens (tertiary/aromatic N) is 1. The Kier molecular flexibility index (Phi) is 3.35. The van der Waals surface area contributed by atoms with Crippen LogP contribution in [0.5, 0.6) is 0 Å². The summed E-state index contributed by atoms with van der Waals surface area (Å²) in [5.41, 5.74) is 1.70. The number of piperazine rings is 1. The topological polar surface area (TPSA) is 15.3 Å². The molecular weight excluding hydrogens is 244 g/mol. The highest BCUT2D eigenvalue weighted by atomic mass is 35.5. The van der Waals surface area contributed by atoms with Crippen molar-refractivity contribution in [3.63, 3.8) is 0 Å². The van der Waals surface area contributed by atoms with Gasteiger partial charge in [-0.15, -0.1) is 0 Å². The first kappa shape index (κ1) is 12.5. The van der Waals surface area contributed by atoms with E-state index < -0.39 is 0 Å². The van der Waals surface area contributed by atoms with Crippen LogP contribution in [-0.2, 0) is 6.54 Å². The minimum Gasteiger partial charge on any atom is -0.309 e. The van der Waals surface area contributed by atoms with Crippen LogP contribution in [0.2, 0.25) is 5.02 Å².